The molecule has 0 saturated heterocycles. The van der Waals surface area contributed by atoms with Gasteiger partial charge in [-0.05, 0) is 50.0 Å². The zero-order valence-corrected chi connectivity index (χ0v) is 10.7. The first-order valence-electron chi connectivity index (χ1n) is 6.69. The van der Waals surface area contributed by atoms with Crippen molar-refractivity contribution in [2.45, 2.75) is 45.4 Å². The quantitative estimate of drug-likeness (QED) is 0.753. The fourth-order valence-corrected chi connectivity index (χ4v) is 2.76. The van der Waals surface area contributed by atoms with Crippen molar-refractivity contribution in [2.75, 3.05) is 0 Å². The molecule has 0 radical (unpaired) electrons. The summed E-state index contributed by atoms with van der Waals surface area (Å²) in [5.74, 6) is 0.813. The number of hydrogen-bond acceptors (Lipinski definition) is 1. The average Bonchev–Trinajstić information content (AvgIpc) is 2.40. The monoisotopic (exact) mass is 227 g/mol. The first kappa shape index (κ1) is 12.2. The van der Waals surface area contributed by atoms with Crippen LogP contribution in [0.15, 0.2) is 30.3 Å². The molecule has 0 spiro atoms. The lowest BCUT2D eigenvalue weighted by atomic mass is 9.69. The van der Waals surface area contributed by atoms with Gasteiger partial charge in [-0.2, -0.15) is 5.26 Å². The summed E-state index contributed by atoms with van der Waals surface area (Å²) in [6.45, 7) is 2.30. The summed E-state index contributed by atoms with van der Waals surface area (Å²) in [5, 5.41) is 9.46. The maximum Gasteiger partial charge on any atom is 0.0689 e. The third kappa shape index (κ3) is 3.09. The van der Waals surface area contributed by atoms with Crippen LogP contribution in [0.3, 0.4) is 0 Å². The Morgan fingerprint density at radius 1 is 1.24 bits per heavy atom. The molecule has 2 rings (SSSR count). The third-order valence-electron chi connectivity index (χ3n) is 4.20. The van der Waals surface area contributed by atoms with Gasteiger partial charge in [-0.15, -0.1) is 0 Å². The lowest BCUT2D eigenvalue weighted by molar-refractivity contribution is 0.206. The van der Waals surface area contributed by atoms with E-state index in [1.807, 2.05) is 6.07 Å². The number of hydrogen-bond donors (Lipinski definition) is 0. The fraction of sp³-hybridized carbons (Fsp3) is 0.562. The molecule has 0 aromatic heterocycles. The van der Waals surface area contributed by atoms with Gasteiger partial charge in [0.25, 0.3) is 0 Å². The van der Waals surface area contributed by atoms with E-state index >= 15 is 0 Å². The SMILES string of the molecule is CC1CCC(C#N)(CCc2ccccc2)CC1. The van der Waals surface area contributed by atoms with Crippen LogP contribution in [0.2, 0.25) is 0 Å². The normalized spacial score (nSPS) is 28.6. The largest absolute Gasteiger partial charge is 0.198 e. The summed E-state index contributed by atoms with van der Waals surface area (Å²) in [7, 11) is 0. The average molecular weight is 227 g/mol. The van der Waals surface area contributed by atoms with Crippen molar-refractivity contribution in [2.24, 2.45) is 11.3 Å². The summed E-state index contributed by atoms with van der Waals surface area (Å²) in [5.41, 5.74) is 1.32. The number of benzene rings is 1. The Kier molecular flexibility index (Phi) is 3.84. The first-order valence-corrected chi connectivity index (χ1v) is 6.69. The van der Waals surface area contributed by atoms with E-state index in [1.165, 1.54) is 18.4 Å². The molecule has 0 unspecified atom stereocenters. The first-order chi connectivity index (χ1) is 8.24. The molecule has 0 amide bonds. The van der Waals surface area contributed by atoms with Crippen LogP contribution in [-0.4, -0.2) is 0 Å². The third-order valence-corrected chi connectivity index (χ3v) is 4.20. The van der Waals surface area contributed by atoms with E-state index in [1.54, 1.807) is 0 Å². The molecule has 0 aliphatic heterocycles. The Hall–Kier alpha value is -1.29. The van der Waals surface area contributed by atoms with Gasteiger partial charge >= 0.3 is 0 Å². The summed E-state index contributed by atoms with van der Waals surface area (Å²) in [6.07, 6.45) is 6.71. The maximum absolute atomic E-state index is 9.46. The van der Waals surface area contributed by atoms with Crippen LogP contribution < -0.4 is 0 Å². The maximum atomic E-state index is 9.46. The van der Waals surface area contributed by atoms with E-state index in [-0.39, 0.29) is 5.41 Å². The highest BCUT2D eigenvalue weighted by Crippen LogP contribution is 2.41. The number of nitrogens with zero attached hydrogens (tertiary/aromatic N) is 1. The van der Waals surface area contributed by atoms with Gasteiger partial charge in [0.1, 0.15) is 0 Å². The van der Waals surface area contributed by atoms with Gasteiger partial charge in [0, 0.05) is 0 Å². The molecule has 1 nitrogen and oxygen atoms in total. The fourth-order valence-electron chi connectivity index (χ4n) is 2.76. The number of aryl methyl sites for hydroxylation is 1. The van der Waals surface area contributed by atoms with Gasteiger partial charge < -0.3 is 0 Å². The van der Waals surface area contributed by atoms with Crippen LogP contribution in [0.5, 0.6) is 0 Å². The molecule has 1 heteroatoms. The highest BCUT2D eigenvalue weighted by atomic mass is 14.4. The molecule has 1 aliphatic carbocycles. The Bertz CT molecular complexity index is 380. The van der Waals surface area contributed by atoms with Crippen LogP contribution in [0.4, 0.5) is 0 Å². The van der Waals surface area contributed by atoms with Gasteiger partial charge in [-0.1, -0.05) is 37.3 Å². The van der Waals surface area contributed by atoms with Gasteiger partial charge in [0.15, 0.2) is 0 Å². The van der Waals surface area contributed by atoms with Crippen molar-refractivity contribution in [1.82, 2.24) is 0 Å². The van der Waals surface area contributed by atoms with Gasteiger partial charge in [-0.25, -0.2) is 0 Å². The lowest BCUT2D eigenvalue weighted by Gasteiger charge is -2.33. The molecule has 0 bridgehead atoms. The molecule has 1 aliphatic rings. The second kappa shape index (κ2) is 5.36. The molecule has 1 fully saturated rings. The molecular formula is C16H21N. The smallest absolute Gasteiger partial charge is 0.0689 e. The lowest BCUT2D eigenvalue weighted by Crippen LogP contribution is -2.25. The van der Waals surface area contributed by atoms with Crippen molar-refractivity contribution >= 4 is 0 Å². The van der Waals surface area contributed by atoms with Gasteiger partial charge in [-0.3, -0.25) is 0 Å². The summed E-state index contributed by atoms with van der Waals surface area (Å²) in [4.78, 5) is 0. The molecule has 1 aromatic carbocycles. The van der Waals surface area contributed by atoms with Crippen molar-refractivity contribution in [3.05, 3.63) is 35.9 Å². The van der Waals surface area contributed by atoms with E-state index in [4.69, 9.17) is 0 Å². The molecule has 1 saturated carbocycles. The van der Waals surface area contributed by atoms with Crippen molar-refractivity contribution in [3.8, 4) is 6.07 Å². The topological polar surface area (TPSA) is 23.8 Å². The van der Waals surface area contributed by atoms with Crippen LogP contribution in [0.25, 0.3) is 0 Å². The summed E-state index contributed by atoms with van der Waals surface area (Å²) < 4.78 is 0. The van der Waals surface area contributed by atoms with Crippen LogP contribution in [0, 0.1) is 22.7 Å². The van der Waals surface area contributed by atoms with E-state index in [9.17, 15) is 5.26 Å². The molecule has 1 aromatic rings. The summed E-state index contributed by atoms with van der Waals surface area (Å²) >= 11 is 0. The Morgan fingerprint density at radius 3 is 2.47 bits per heavy atom. The molecular weight excluding hydrogens is 206 g/mol. The Morgan fingerprint density at radius 2 is 1.88 bits per heavy atom. The van der Waals surface area contributed by atoms with Crippen molar-refractivity contribution < 1.29 is 0 Å². The molecule has 0 atom stereocenters. The Labute approximate surface area is 104 Å². The van der Waals surface area contributed by atoms with Crippen LogP contribution in [0.1, 0.15) is 44.6 Å². The van der Waals surface area contributed by atoms with Crippen molar-refractivity contribution in [1.29, 1.82) is 5.26 Å². The number of nitriles is 1. The highest BCUT2D eigenvalue weighted by Gasteiger charge is 2.33. The molecule has 90 valence electrons. The van der Waals surface area contributed by atoms with Gasteiger partial charge in [0.2, 0.25) is 0 Å². The van der Waals surface area contributed by atoms with E-state index in [0.29, 0.717) is 0 Å². The standard InChI is InChI=1S/C16H21N/c1-14-7-10-16(13-17,11-8-14)12-9-15-5-3-2-4-6-15/h2-6,14H,7-12H2,1H3. The minimum absolute atomic E-state index is 0.0393. The predicted octanol–water partition coefficient (Wildman–Crippen LogP) is 4.34. The van der Waals surface area contributed by atoms with Crippen molar-refractivity contribution in [3.63, 3.8) is 0 Å². The number of rotatable bonds is 3. The van der Waals surface area contributed by atoms with E-state index < -0.39 is 0 Å². The second-order valence-corrected chi connectivity index (χ2v) is 5.56. The molecule has 0 N–H and O–H groups in total. The molecule has 17 heavy (non-hydrogen) atoms. The Balaban J connectivity index is 1.95. The second-order valence-electron chi connectivity index (χ2n) is 5.56. The zero-order chi connectivity index (χ0) is 12.1. The minimum atomic E-state index is -0.0393. The molecule has 0 heterocycles. The van der Waals surface area contributed by atoms with Crippen LogP contribution >= 0.6 is 0 Å². The minimum Gasteiger partial charge on any atom is -0.198 e. The van der Waals surface area contributed by atoms with Gasteiger partial charge in [0.05, 0.1) is 11.5 Å². The van der Waals surface area contributed by atoms with Crippen LogP contribution in [-0.2, 0) is 6.42 Å². The van der Waals surface area contributed by atoms with E-state index in [2.05, 4.69) is 37.3 Å². The summed E-state index contributed by atoms with van der Waals surface area (Å²) in [6, 6.07) is 13.1. The zero-order valence-electron chi connectivity index (χ0n) is 10.7. The van der Waals surface area contributed by atoms with E-state index in [0.717, 1.165) is 31.6 Å². The predicted molar refractivity (Wildman–Crippen MR) is 70.4 cm³/mol. The highest BCUT2D eigenvalue weighted by molar-refractivity contribution is 5.16.